The molecule has 7 heteroatoms. The molecule has 3 heterocycles. The Hall–Kier alpha value is -3.71. The third kappa shape index (κ3) is 5.35. The summed E-state index contributed by atoms with van der Waals surface area (Å²) in [5, 5.41) is 2.70. The number of furan rings is 1. The van der Waals surface area contributed by atoms with Crippen molar-refractivity contribution in [3.8, 4) is 11.3 Å². The van der Waals surface area contributed by atoms with Crippen LogP contribution in [-0.4, -0.2) is 41.3 Å². The van der Waals surface area contributed by atoms with E-state index in [1.807, 2.05) is 58.8 Å². The lowest BCUT2D eigenvalue weighted by Gasteiger charge is -2.34. The van der Waals surface area contributed by atoms with Crippen LogP contribution < -0.4 is 4.90 Å². The molecule has 2 aromatic heterocycles. The van der Waals surface area contributed by atoms with E-state index in [0.717, 1.165) is 30.5 Å². The third-order valence-corrected chi connectivity index (χ3v) is 7.22. The molecule has 178 valence electrons. The Morgan fingerprint density at radius 1 is 1.06 bits per heavy atom. The lowest BCUT2D eigenvalue weighted by atomic mass is 9.96. The Balaban J connectivity index is 1.37. The molecule has 35 heavy (non-hydrogen) atoms. The number of nitrogens with zero attached hydrogens (tertiary/aromatic N) is 3. The summed E-state index contributed by atoms with van der Waals surface area (Å²) >= 11 is 1.49. The predicted molar refractivity (Wildman–Crippen MR) is 137 cm³/mol. The summed E-state index contributed by atoms with van der Waals surface area (Å²) in [6.07, 6.45) is 5.24. The van der Waals surface area contributed by atoms with Gasteiger partial charge in [0, 0.05) is 30.6 Å². The molecular weight excluding hydrogens is 458 g/mol. The van der Waals surface area contributed by atoms with Crippen LogP contribution in [-0.2, 0) is 11.2 Å². The van der Waals surface area contributed by atoms with Crippen LogP contribution in [0.2, 0.25) is 0 Å². The smallest absolute Gasteiger partial charge is 0.257 e. The number of carbonyl (C=O) groups excluding carboxylic acids is 2. The molecule has 1 unspecified atom stereocenters. The first-order chi connectivity index (χ1) is 17.2. The van der Waals surface area contributed by atoms with Gasteiger partial charge in [0.05, 0.1) is 23.4 Å². The summed E-state index contributed by atoms with van der Waals surface area (Å²) < 4.78 is 5.08. The minimum Gasteiger partial charge on any atom is -0.472 e. The van der Waals surface area contributed by atoms with E-state index in [2.05, 4.69) is 12.1 Å². The fraction of sp³-hybridized carbons (Fsp3) is 0.250. The standard InChI is InChI=1S/C28H27N3O3S/c32-26(24-14-17-34-19-24)30-15-7-12-23(18-30)27(33)31(16-13-21-8-3-1-4-9-21)28-29-25(20-35-28)22-10-5-2-6-11-22/h1-6,8-11,14,17,19-20,23H,7,12-13,15-16,18H2. The molecule has 2 aromatic carbocycles. The molecule has 5 rings (SSSR count). The van der Waals surface area contributed by atoms with E-state index in [-0.39, 0.29) is 17.7 Å². The highest BCUT2D eigenvalue weighted by Gasteiger charge is 2.33. The number of carbonyl (C=O) groups is 2. The SMILES string of the molecule is O=C(c1ccoc1)N1CCCC(C(=O)N(CCc2ccccc2)c2nc(-c3ccccc3)cs2)C1. The number of aromatic nitrogens is 1. The average Bonchev–Trinajstić information content (AvgIpc) is 3.63. The lowest BCUT2D eigenvalue weighted by molar-refractivity contribution is -0.123. The molecule has 0 radical (unpaired) electrons. The van der Waals surface area contributed by atoms with Crippen LogP contribution in [0, 0.1) is 5.92 Å². The summed E-state index contributed by atoms with van der Waals surface area (Å²) in [5.41, 5.74) is 3.58. The molecule has 0 N–H and O–H groups in total. The Kier molecular flexibility index (Phi) is 7.04. The Morgan fingerprint density at radius 3 is 2.57 bits per heavy atom. The molecular formula is C28H27N3O3S. The van der Waals surface area contributed by atoms with Gasteiger partial charge in [-0.3, -0.25) is 14.5 Å². The number of rotatable bonds is 7. The maximum absolute atomic E-state index is 13.9. The molecule has 1 aliphatic heterocycles. The van der Waals surface area contributed by atoms with E-state index >= 15 is 0 Å². The number of amides is 2. The molecule has 0 aliphatic carbocycles. The molecule has 0 spiro atoms. The van der Waals surface area contributed by atoms with E-state index in [0.29, 0.717) is 30.3 Å². The number of benzene rings is 2. The van der Waals surface area contributed by atoms with Crippen molar-refractivity contribution in [2.75, 3.05) is 24.5 Å². The van der Waals surface area contributed by atoms with Crippen molar-refractivity contribution in [3.63, 3.8) is 0 Å². The van der Waals surface area contributed by atoms with Gasteiger partial charge in [-0.2, -0.15) is 0 Å². The first-order valence-corrected chi connectivity index (χ1v) is 12.7. The van der Waals surface area contributed by atoms with Gasteiger partial charge in [0.1, 0.15) is 6.26 Å². The van der Waals surface area contributed by atoms with Crippen LogP contribution >= 0.6 is 11.3 Å². The van der Waals surface area contributed by atoms with E-state index in [1.165, 1.54) is 29.4 Å². The highest BCUT2D eigenvalue weighted by Crippen LogP contribution is 2.30. The van der Waals surface area contributed by atoms with E-state index in [9.17, 15) is 9.59 Å². The van der Waals surface area contributed by atoms with Gasteiger partial charge in [0.2, 0.25) is 5.91 Å². The second-order valence-electron chi connectivity index (χ2n) is 8.71. The molecule has 0 saturated carbocycles. The zero-order valence-corrected chi connectivity index (χ0v) is 20.2. The van der Waals surface area contributed by atoms with Crippen LogP contribution in [0.15, 0.2) is 89.1 Å². The minimum absolute atomic E-state index is 0.0274. The van der Waals surface area contributed by atoms with Crippen molar-refractivity contribution in [1.29, 1.82) is 0 Å². The van der Waals surface area contributed by atoms with Crippen molar-refractivity contribution in [2.45, 2.75) is 19.3 Å². The van der Waals surface area contributed by atoms with Crippen LogP contribution in [0.5, 0.6) is 0 Å². The lowest BCUT2D eigenvalue weighted by Crippen LogP contribution is -2.47. The van der Waals surface area contributed by atoms with Crippen molar-refractivity contribution in [1.82, 2.24) is 9.88 Å². The normalized spacial score (nSPS) is 15.7. The predicted octanol–water partition coefficient (Wildman–Crippen LogP) is 5.53. The number of thiazole rings is 1. The van der Waals surface area contributed by atoms with Crippen molar-refractivity contribution in [2.24, 2.45) is 5.92 Å². The number of likely N-dealkylation sites (tertiary alicyclic amines) is 1. The molecule has 1 fully saturated rings. The molecule has 1 atom stereocenters. The van der Waals surface area contributed by atoms with Crippen molar-refractivity contribution >= 4 is 28.3 Å². The van der Waals surface area contributed by atoms with E-state index in [4.69, 9.17) is 9.40 Å². The largest absolute Gasteiger partial charge is 0.472 e. The Labute approximate surface area is 208 Å². The number of hydrogen-bond acceptors (Lipinski definition) is 5. The quantitative estimate of drug-likeness (QED) is 0.345. The first-order valence-electron chi connectivity index (χ1n) is 11.9. The fourth-order valence-electron chi connectivity index (χ4n) is 4.47. The van der Waals surface area contributed by atoms with Crippen LogP contribution in [0.3, 0.4) is 0 Å². The number of anilines is 1. The summed E-state index contributed by atoms with van der Waals surface area (Å²) in [6, 6.07) is 21.8. The molecule has 2 amide bonds. The monoisotopic (exact) mass is 485 g/mol. The summed E-state index contributed by atoms with van der Waals surface area (Å²) in [5.74, 6) is -0.327. The summed E-state index contributed by atoms with van der Waals surface area (Å²) in [6.45, 7) is 1.59. The van der Waals surface area contributed by atoms with Crippen molar-refractivity contribution < 1.29 is 14.0 Å². The second-order valence-corrected chi connectivity index (χ2v) is 9.55. The van der Waals surface area contributed by atoms with E-state index in [1.54, 1.807) is 11.0 Å². The Morgan fingerprint density at radius 2 is 1.83 bits per heavy atom. The van der Waals surface area contributed by atoms with Gasteiger partial charge >= 0.3 is 0 Å². The van der Waals surface area contributed by atoms with Gasteiger partial charge in [0.15, 0.2) is 5.13 Å². The third-order valence-electron chi connectivity index (χ3n) is 6.35. The molecule has 1 saturated heterocycles. The zero-order valence-electron chi connectivity index (χ0n) is 19.4. The second kappa shape index (κ2) is 10.7. The maximum Gasteiger partial charge on any atom is 0.257 e. The molecule has 1 aliphatic rings. The topological polar surface area (TPSA) is 66.7 Å². The average molecular weight is 486 g/mol. The number of piperidine rings is 1. The highest BCUT2D eigenvalue weighted by atomic mass is 32.1. The fourth-order valence-corrected chi connectivity index (χ4v) is 5.33. The van der Waals surface area contributed by atoms with Gasteiger partial charge in [-0.15, -0.1) is 11.3 Å². The Bertz CT molecular complexity index is 1260. The van der Waals surface area contributed by atoms with Gasteiger partial charge < -0.3 is 9.32 Å². The minimum atomic E-state index is -0.264. The molecule has 0 bridgehead atoms. The summed E-state index contributed by atoms with van der Waals surface area (Å²) in [4.78, 5) is 35.1. The van der Waals surface area contributed by atoms with E-state index < -0.39 is 0 Å². The van der Waals surface area contributed by atoms with Gasteiger partial charge in [-0.1, -0.05) is 60.7 Å². The maximum atomic E-state index is 13.9. The summed E-state index contributed by atoms with van der Waals surface area (Å²) in [7, 11) is 0. The number of hydrogen-bond donors (Lipinski definition) is 0. The van der Waals surface area contributed by atoms with Crippen LogP contribution in [0.25, 0.3) is 11.3 Å². The van der Waals surface area contributed by atoms with Crippen LogP contribution in [0.4, 0.5) is 5.13 Å². The van der Waals surface area contributed by atoms with Gasteiger partial charge in [-0.05, 0) is 30.9 Å². The molecule has 4 aromatic rings. The zero-order chi connectivity index (χ0) is 24.0. The molecule has 6 nitrogen and oxygen atoms in total. The highest BCUT2D eigenvalue weighted by molar-refractivity contribution is 7.14. The van der Waals surface area contributed by atoms with Crippen LogP contribution in [0.1, 0.15) is 28.8 Å². The van der Waals surface area contributed by atoms with Crippen molar-refractivity contribution in [3.05, 3.63) is 95.8 Å². The first kappa shape index (κ1) is 23.1. The van der Waals surface area contributed by atoms with Gasteiger partial charge in [-0.25, -0.2) is 4.98 Å². The van der Waals surface area contributed by atoms with Gasteiger partial charge in [0.25, 0.3) is 5.91 Å².